The molecule has 0 heterocycles. The van der Waals surface area contributed by atoms with Crippen molar-refractivity contribution in [3.63, 3.8) is 0 Å². The first kappa shape index (κ1) is 13.5. The van der Waals surface area contributed by atoms with E-state index in [1.165, 1.54) is 49.7 Å². The van der Waals surface area contributed by atoms with Crippen molar-refractivity contribution in [1.82, 2.24) is 0 Å². The standard InChI is InChI=1S/C14H26/c1-12(2)10-8-6-7-9-11-14(5)13(3)4/h1,6-11H2,2-5H3. The van der Waals surface area contributed by atoms with Crippen LogP contribution in [-0.4, -0.2) is 0 Å². The summed E-state index contributed by atoms with van der Waals surface area (Å²) in [6.45, 7) is 12.7. The minimum Gasteiger partial charge on any atom is -0.100 e. The van der Waals surface area contributed by atoms with Crippen molar-refractivity contribution in [1.29, 1.82) is 0 Å². The molecule has 14 heavy (non-hydrogen) atoms. The third kappa shape index (κ3) is 8.10. The van der Waals surface area contributed by atoms with E-state index in [1.54, 1.807) is 5.57 Å². The first-order chi connectivity index (χ1) is 6.54. The number of rotatable bonds is 7. The Labute approximate surface area is 90.1 Å². The van der Waals surface area contributed by atoms with E-state index in [1.807, 2.05) is 0 Å². The highest BCUT2D eigenvalue weighted by Gasteiger charge is 1.94. The van der Waals surface area contributed by atoms with Crippen LogP contribution < -0.4 is 0 Å². The minimum absolute atomic E-state index is 1.21. The van der Waals surface area contributed by atoms with Crippen LogP contribution >= 0.6 is 0 Å². The average molecular weight is 194 g/mol. The van der Waals surface area contributed by atoms with Crippen LogP contribution in [0.2, 0.25) is 0 Å². The van der Waals surface area contributed by atoms with Gasteiger partial charge in [-0.3, -0.25) is 0 Å². The van der Waals surface area contributed by atoms with E-state index < -0.39 is 0 Å². The lowest BCUT2D eigenvalue weighted by molar-refractivity contribution is 0.636. The number of unbranched alkanes of at least 4 members (excludes halogenated alkanes) is 3. The normalized spacial score (nSPS) is 10.0. The van der Waals surface area contributed by atoms with Gasteiger partial charge in [0.1, 0.15) is 0 Å². The maximum Gasteiger partial charge on any atom is -0.0321 e. The van der Waals surface area contributed by atoms with Gasteiger partial charge in [0.15, 0.2) is 0 Å². The molecule has 0 aliphatic carbocycles. The summed E-state index contributed by atoms with van der Waals surface area (Å²) >= 11 is 0. The molecule has 0 nitrogen and oxygen atoms in total. The van der Waals surface area contributed by atoms with E-state index in [9.17, 15) is 0 Å². The zero-order chi connectivity index (χ0) is 11.0. The van der Waals surface area contributed by atoms with E-state index in [4.69, 9.17) is 0 Å². The summed E-state index contributed by atoms with van der Waals surface area (Å²) in [5, 5.41) is 0. The van der Waals surface area contributed by atoms with Crippen molar-refractivity contribution in [3.8, 4) is 0 Å². The average Bonchev–Trinajstić information content (AvgIpc) is 2.09. The molecule has 0 radical (unpaired) electrons. The maximum absolute atomic E-state index is 3.92. The molecule has 82 valence electrons. The minimum atomic E-state index is 1.21. The Kier molecular flexibility index (Phi) is 7.55. The molecule has 0 aliphatic heterocycles. The van der Waals surface area contributed by atoms with Gasteiger partial charge in [0.25, 0.3) is 0 Å². The molecular weight excluding hydrogens is 168 g/mol. The van der Waals surface area contributed by atoms with Gasteiger partial charge in [-0.15, -0.1) is 6.58 Å². The number of allylic oxidation sites excluding steroid dienone is 3. The van der Waals surface area contributed by atoms with Crippen LogP contribution in [0.5, 0.6) is 0 Å². The quantitative estimate of drug-likeness (QED) is 0.383. The van der Waals surface area contributed by atoms with Crippen LogP contribution in [0, 0.1) is 0 Å². The predicted octanol–water partition coefficient (Wildman–Crippen LogP) is 5.26. The highest BCUT2D eigenvalue weighted by molar-refractivity contribution is 5.06. The van der Waals surface area contributed by atoms with Crippen molar-refractivity contribution in [2.45, 2.75) is 66.2 Å². The van der Waals surface area contributed by atoms with Gasteiger partial charge in [-0.05, 0) is 53.4 Å². The molecule has 0 heteroatoms. The van der Waals surface area contributed by atoms with Crippen LogP contribution in [0.15, 0.2) is 23.3 Å². The highest BCUT2D eigenvalue weighted by Crippen LogP contribution is 2.14. The Bertz CT molecular complexity index is 192. The Balaban J connectivity index is 3.31. The molecule has 0 amide bonds. The van der Waals surface area contributed by atoms with Crippen LogP contribution in [0.1, 0.15) is 66.2 Å². The monoisotopic (exact) mass is 194 g/mol. The van der Waals surface area contributed by atoms with Crippen molar-refractivity contribution in [2.24, 2.45) is 0 Å². The van der Waals surface area contributed by atoms with Gasteiger partial charge < -0.3 is 0 Å². The molecule has 0 saturated heterocycles. The van der Waals surface area contributed by atoms with Crippen LogP contribution in [0.3, 0.4) is 0 Å². The molecule has 0 unspecified atom stereocenters. The molecule has 0 aliphatic rings. The van der Waals surface area contributed by atoms with Gasteiger partial charge in [0.2, 0.25) is 0 Å². The second kappa shape index (κ2) is 7.84. The van der Waals surface area contributed by atoms with Crippen molar-refractivity contribution in [3.05, 3.63) is 23.3 Å². The van der Waals surface area contributed by atoms with E-state index in [2.05, 4.69) is 34.3 Å². The van der Waals surface area contributed by atoms with E-state index in [-0.39, 0.29) is 0 Å². The Morgan fingerprint density at radius 1 is 0.786 bits per heavy atom. The SMILES string of the molecule is C=C(C)CCCCCCC(C)=C(C)C. The second-order valence-corrected chi connectivity index (χ2v) is 4.65. The third-order valence-electron chi connectivity index (χ3n) is 2.76. The first-order valence-electron chi connectivity index (χ1n) is 5.81. The number of hydrogen-bond donors (Lipinski definition) is 0. The second-order valence-electron chi connectivity index (χ2n) is 4.65. The molecule has 0 fully saturated rings. The zero-order valence-electron chi connectivity index (χ0n) is 10.4. The third-order valence-corrected chi connectivity index (χ3v) is 2.76. The summed E-state index contributed by atoms with van der Waals surface area (Å²) in [6.07, 6.45) is 7.91. The van der Waals surface area contributed by atoms with Gasteiger partial charge >= 0.3 is 0 Å². The molecular formula is C14H26. The van der Waals surface area contributed by atoms with Crippen molar-refractivity contribution < 1.29 is 0 Å². The summed E-state index contributed by atoms with van der Waals surface area (Å²) in [5.74, 6) is 0. The van der Waals surface area contributed by atoms with Crippen molar-refractivity contribution in [2.75, 3.05) is 0 Å². The van der Waals surface area contributed by atoms with Gasteiger partial charge in [-0.2, -0.15) is 0 Å². The first-order valence-corrected chi connectivity index (χ1v) is 5.81. The highest BCUT2D eigenvalue weighted by atomic mass is 14.0. The van der Waals surface area contributed by atoms with Crippen LogP contribution in [0.25, 0.3) is 0 Å². The lowest BCUT2D eigenvalue weighted by Crippen LogP contribution is -1.84. The van der Waals surface area contributed by atoms with E-state index in [0.29, 0.717) is 0 Å². The Morgan fingerprint density at radius 3 is 1.71 bits per heavy atom. The lowest BCUT2D eigenvalue weighted by Gasteiger charge is -2.04. The molecule has 0 N–H and O–H groups in total. The maximum atomic E-state index is 3.92. The van der Waals surface area contributed by atoms with Crippen LogP contribution in [0.4, 0.5) is 0 Å². The molecule has 0 bridgehead atoms. The molecule has 0 saturated carbocycles. The van der Waals surface area contributed by atoms with Crippen LogP contribution in [-0.2, 0) is 0 Å². The molecule has 0 aromatic carbocycles. The smallest absolute Gasteiger partial charge is 0.0321 e. The lowest BCUT2D eigenvalue weighted by atomic mass is 10.0. The van der Waals surface area contributed by atoms with E-state index in [0.717, 1.165) is 0 Å². The molecule has 0 atom stereocenters. The summed E-state index contributed by atoms with van der Waals surface area (Å²) in [6, 6.07) is 0. The summed E-state index contributed by atoms with van der Waals surface area (Å²) in [5.41, 5.74) is 4.39. The predicted molar refractivity (Wildman–Crippen MR) is 66.6 cm³/mol. The fourth-order valence-electron chi connectivity index (χ4n) is 1.42. The van der Waals surface area contributed by atoms with Gasteiger partial charge in [-0.1, -0.05) is 29.6 Å². The van der Waals surface area contributed by atoms with Gasteiger partial charge in [0, 0.05) is 0 Å². The Morgan fingerprint density at radius 2 is 1.29 bits per heavy atom. The summed E-state index contributed by atoms with van der Waals surface area (Å²) in [7, 11) is 0. The molecule has 0 rings (SSSR count). The van der Waals surface area contributed by atoms with E-state index >= 15 is 0 Å². The fourth-order valence-corrected chi connectivity index (χ4v) is 1.42. The van der Waals surface area contributed by atoms with Crippen molar-refractivity contribution >= 4 is 0 Å². The zero-order valence-corrected chi connectivity index (χ0v) is 10.4. The largest absolute Gasteiger partial charge is 0.100 e. The summed E-state index contributed by atoms with van der Waals surface area (Å²) in [4.78, 5) is 0. The van der Waals surface area contributed by atoms with Gasteiger partial charge in [-0.25, -0.2) is 0 Å². The fraction of sp³-hybridized carbons (Fsp3) is 0.714. The topological polar surface area (TPSA) is 0 Å². The number of hydrogen-bond acceptors (Lipinski definition) is 0. The molecule has 0 aromatic heterocycles. The van der Waals surface area contributed by atoms with Gasteiger partial charge in [0.05, 0.1) is 0 Å². The molecule has 0 spiro atoms. The summed E-state index contributed by atoms with van der Waals surface area (Å²) < 4.78 is 0. The molecule has 0 aromatic rings. The Hall–Kier alpha value is -0.520.